The molecule has 0 amide bonds. The summed E-state index contributed by atoms with van der Waals surface area (Å²) >= 11 is 1.50. The van der Waals surface area contributed by atoms with E-state index >= 15 is 0 Å². The maximum atomic E-state index is 13.1. The highest BCUT2D eigenvalue weighted by atomic mass is 32.1. The topological polar surface area (TPSA) is 82.9 Å². The summed E-state index contributed by atoms with van der Waals surface area (Å²) in [6, 6.07) is 14.7. The fourth-order valence-corrected chi connectivity index (χ4v) is 4.39. The number of carbonyl (C=O) groups is 1. The Morgan fingerprint density at radius 3 is 2.74 bits per heavy atom. The fraction of sp³-hybridized carbons (Fsp3) is 0.130. The number of benzene rings is 1. The first kappa shape index (κ1) is 19.2. The average molecular weight is 430 g/mol. The Bertz CT molecular complexity index is 1470. The van der Waals surface area contributed by atoms with Crippen molar-refractivity contribution in [3.63, 3.8) is 0 Å². The van der Waals surface area contributed by atoms with Crippen molar-refractivity contribution in [2.75, 3.05) is 0 Å². The first-order chi connectivity index (χ1) is 15.0. The zero-order valence-corrected chi connectivity index (χ0v) is 17.7. The third kappa shape index (κ3) is 3.40. The maximum Gasteiger partial charge on any atom is 0.267 e. The van der Waals surface area contributed by atoms with Gasteiger partial charge < -0.3 is 9.09 Å². The van der Waals surface area contributed by atoms with Crippen LogP contribution in [0.3, 0.4) is 0 Å². The molecule has 0 unspecified atom stereocenters. The van der Waals surface area contributed by atoms with Gasteiger partial charge in [-0.3, -0.25) is 9.59 Å². The summed E-state index contributed by atoms with van der Waals surface area (Å²) in [7, 11) is 1.90. The zero-order chi connectivity index (χ0) is 21.5. The molecule has 0 saturated heterocycles. The highest BCUT2D eigenvalue weighted by molar-refractivity contribution is 7.13. The molecule has 1 aromatic carbocycles. The summed E-state index contributed by atoms with van der Waals surface area (Å²) in [5, 5.41) is 11.3. The molecular formula is C23H18N4O3S. The standard InChI is InChI=1S/C23H18N4O3S/c1-14-10-20(30-25-14)16-11-22(29)27(24-23(16)21-8-5-9-31-21)13-19(28)17-12-26(2)18-7-4-3-6-15(17)18/h3-12H,13H2,1-2H3. The van der Waals surface area contributed by atoms with Crippen molar-refractivity contribution >= 4 is 28.0 Å². The predicted octanol–water partition coefficient (Wildman–Crippen LogP) is 4.31. The van der Waals surface area contributed by atoms with Crippen LogP contribution in [0.15, 0.2) is 69.4 Å². The maximum absolute atomic E-state index is 13.1. The van der Waals surface area contributed by atoms with Gasteiger partial charge in [0.2, 0.25) is 0 Å². The van der Waals surface area contributed by atoms with E-state index in [2.05, 4.69) is 10.3 Å². The van der Waals surface area contributed by atoms with Gasteiger partial charge in [-0.1, -0.05) is 29.4 Å². The van der Waals surface area contributed by atoms with Crippen LogP contribution in [0.2, 0.25) is 0 Å². The van der Waals surface area contributed by atoms with Gasteiger partial charge in [-0.25, -0.2) is 4.68 Å². The second-order valence-electron chi connectivity index (χ2n) is 7.31. The Labute approximate surface area is 181 Å². The molecule has 0 radical (unpaired) electrons. The van der Waals surface area contributed by atoms with Crippen molar-refractivity contribution in [1.29, 1.82) is 0 Å². The number of carbonyl (C=O) groups excluding carboxylic acids is 1. The van der Waals surface area contributed by atoms with E-state index in [1.165, 1.54) is 22.1 Å². The Balaban J connectivity index is 1.59. The number of aromatic nitrogens is 4. The predicted molar refractivity (Wildman–Crippen MR) is 119 cm³/mol. The van der Waals surface area contributed by atoms with Crippen molar-refractivity contribution in [2.24, 2.45) is 7.05 Å². The minimum Gasteiger partial charge on any atom is -0.356 e. The average Bonchev–Trinajstić information content (AvgIpc) is 3.50. The van der Waals surface area contributed by atoms with Gasteiger partial charge in [0.15, 0.2) is 11.5 Å². The number of hydrogen-bond donors (Lipinski definition) is 0. The number of aryl methyl sites for hydroxylation is 2. The minimum absolute atomic E-state index is 0.152. The Kier molecular flexibility index (Phi) is 4.63. The van der Waals surface area contributed by atoms with E-state index in [9.17, 15) is 9.59 Å². The quantitative estimate of drug-likeness (QED) is 0.388. The molecule has 0 aliphatic rings. The van der Waals surface area contributed by atoms with Gasteiger partial charge in [0.05, 0.1) is 16.1 Å². The second-order valence-corrected chi connectivity index (χ2v) is 8.25. The summed E-state index contributed by atoms with van der Waals surface area (Å²) in [6.07, 6.45) is 1.80. The van der Waals surface area contributed by atoms with Crippen molar-refractivity contribution in [2.45, 2.75) is 13.5 Å². The number of rotatable bonds is 5. The molecule has 4 aromatic heterocycles. The Morgan fingerprint density at radius 1 is 1.16 bits per heavy atom. The van der Waals surface area contributed by atoms with E-state index in [0.29, 0.717) is 28.3 Å². The number of ketones is 1. The lowest BCUT2D eigenvalue weighted by Gasteiger charge is -2.09. The van der Waals surface area contributed by atoms with Gasteiger partial charge in [0, 0.05) is 41.8 Å². The SMILES string of the molecule is Cc1cc(-c2cc(=O)n(CC(=O)c3cn(C)c4ccccc34)nc2-c2cccs2)on1. The van der Waals surface area contributed by atoms with Crippen LogP contribution in [-0.2, 0) is 13.6 Å². The van der Waals surface area contributed by atoms with Gasteiger partial charge in [-0.15, -0.1) is 11.3 Å². The summed E-state index contributed by atoms with van der Waals surface area (Å²) in [5.41, 5.74) is 3.00. The summed E-state index contributed by atoms with van der Waals surface area (Å²) in [4.78, 5) is 26.8. The van der Waals surface area contributed by atoms with Crippen LogP contribution in [0.25, 0.3) is 32.8 Å². The molecule has 0 atom stereocenters. The van der Waals surface area contributed by atoms with Crippen LogP contribution in [0.1, 0.15) is 16.1 Å². The lowest BCUT2D eigenvalue weighted by atomic mass is 10.1. The van der Waals surface area contributed by atoms with Gasteiger partial charge in [-0.2, -0.15) is 5.10 Å². The third-order valence-electron chi connectivity index (χ3n) is 5.14. The summed E-state index contributed by atoms with van der Waals surface area (Å²) < 4.78 is 8.50. The van der Waals surface area contributed by atoms with Gasteiger partial charge in [-0.05, 0) is 24.4 Å². The van der Waals surface area contributed by atoms with E-state index in [4.69, 9.17) is 4.52 Å². The monoisotopic (exact) mass is 430 g/mol. The van der Waals surface area contributed by atoms with Crippen molar-refractivity contribution < 1.29 is 9.32 Å². The number of para-hydroxylation sites is 1. The normalized spacial score (nSPS) is 11.3. The molecule has 154 valence electrons. The van der Waals surface area contributed by atoms with Gasteiger partial charge in [0.25, 0.3) is 5.56 Å². The molecule has 0 N–H and O–H groups in total. The summed E-state index contributed by atoms with van der Waals surface area (Å²) in [6.45, 7) is 1.66. The molecule has 8 heteroatoms. The smallest absolute Gasteiger partial charge is 0.267 e. The van der Waals surface area contributed by atoms with Crippen molar-refractivity contribution in [3.05, 3.63) is 81.7 Å². The number of Topliss-reactive ketones (excluding diaryl/α,β-unsaturated/α-hetero) is 1. The van der Waals surface area contributed by atoms with Crippen LogP contribution in [0, 0.1) is 6.92 Å². The minimum atomic E-state index is -0.377. The largest absolute Gasteiger partial charge is 0.356 e. The molecular weight excluding hydrogens is 412 g/mol. The first-order valence-electron chi connectivity index (χ1n) is 9.68. The molecule has 7 nitrogen and oxygen atoms in total. The van der Waals surface area contributed by atoms with Gasteiger partial charge >= 0.3 is 0 Å². The van der Waals surface area contributed by atoms with E-state index in [1.54, 1.807) is 12.3 Å². The molecule has 0 spiro atoms. The van der Waals surface area contributed by atoms with Crippen LogP contribution in [0.5, 0.6) is 0 Å². The molecule has 0 fully saturated rings. The number of thiophene rings is 1. The Morgan fingerprint density at radius 2 is 2.00 bits per heavy atom. The lowest BCUT2D eigenvalue weighted by molar-refractivity contribution is 0.0967. The van der Waals surface area contributed by atoms with E-state index < -0.39 is 0 Å². The van der Waals surface area contributed by atoms with Crippen LogP contribution >= 0.6 is 11.3 Å². The molecule has 5 aromatic rings. The fourth-order valence-electron chi connectivity index (χ4n) is 3.66. The highest BCUT2D eigenvalue weighted by Gasteiger charge is 2.20. The van der Waals surface area contributed by atoms with E-state index in [-0.39, 0.29) is 17.9 Å². The van der Waals surface area contributed by atoms with Crippen LogP contribution in [-0.4, -0.2) is 25.3 Å². The molecule has 0 aliphatic heterocycles. The molecule has 5 rings (SSSR count). The first-order valence-corrected chi connectivity index (χ1v) is 10.6. The van der Waals surface area contributed by atoms with E-state index in [0.717, 1.165) is 15.8 Å². The third-order valence-corrected chi connectivity index (χ3v) is 6.01. The molecule has 0 bridgehead atoms. The lowest BCUT2D eigenvalue weighted by Crippen LogP contribution is -2.27. The van der Waals surface area contributed by atoms with E-state index in [1.807, 2.05) is 60.3 Å². The van der Waals surface area contributed by atoms with Gasteiger partial charge in [0.1, 0.15) is 12.2 Å². The molecule has 4 heterocycles. The van der Waals surface area contributed by atoms with Crippen LogP contribution < -0.4 is 5.56 Å². The highest BCUT2D eigenvalue weighted by Crippen LogP contribution is 2.32. The number of fused-ring (bicyclic) bond motifs is 1. The number of hydrogen-bond acceptors (Lipinski definition) is 6. The molecule has 31 heavy (non-hydrogen) atoms. The zero-order valence-electron chi connectivity index (χ0n) is 16.9. The molecule has 0 aliphatic carbocycles. The van der Waals surface area contributed by atoms with Crippen molar-refractivity contribution in [3.8, 4) is 21.9 Å². The second kappa shape index (κ2) is 7.48. The summed E-state index contributed by atoms with van der Waals surface area (Å²) in [5.74, 6) is 0.296. The van der Waals surface area contributed by atoms with Crippen LogP contribution in [0.4, 0.5) is 0 Å². The molecule has 0 saturated carbocycles. The number of nitrogens with zero attached hydrogens (tertiary/aromatic N) is 4. The Hall–Kier alpha value is -3.78. The van der Waals surface area contributed by atoms with Crippen molar-refractivity contribution in [1.82, 2.24) is 19.5 Å².